The van der Waals surface area contributed by atoms with E-state index in [-0.39, 0.29) is 0 Å². The van der Waals surface area contributed by atoms with Crippen molar-refractivity contribution in [1.29, 1.82) is 0 Å². The first-order valence-corrected chi connectivity index (χ1v) is 7.35. The quantitative estimate of drug-likeness (QED) is 0.555. The molecule has 96 valence electrons. The maximum absolute atomic E-state index is 6.07. The number of pyridine rings is 1. The lowest BCUT2D eigenvalue weighted by Gasteiger charge is -2.18. The van der Waals surface area contributed by atoms with Crippen molar-refractivity contribution in [3.63, 3.8) is 0 Å². The van der Waals surface area contributed by atoms with Crippen molar-refractivity contribution in [3.8, 4) is 0 Å². The van der Waals surface area contributed by atoms with E-state index in [0.29, 0.717) is 27.7 Å². The summed E-state index contributed by atoms with van der Waals surface area (Å²) in [7, 11) is 0. The number of anilines is 2. The van der Waals surface area contributed by atoms with Gasteiger partial charge in [-0.2, -0.15) is 11.8 Å². The Kier molecular flexibility index (Phi) is 6.19. The Hall–Kier alpha value is -0.360. The molecule has 1 atom stereocenters. The number of hydrazine groups is 1. The number of hydrogen-bond acceptors (Lipinski definition) is 5. The van der Waals surface area contributed by atoms with Crippen molar-refractivity contribution in [2.45, 2.75) is 19.4 Å². The number of hydrogen-bond donors (Lipinski definition) is 3. The molecule has 0 fully saturated rings. The van der Waals surface area contributed by atoms with Crippen LogP contribution in [0, 0.1) is 0 Å². The monoisotopic (exact) mass is 294 g/mol. The fraction of sp³-hybridized carbons (Fsp3) is 0.500. The van der Waals surface area contributed by atoms with Gasteiger partial charge in [0.2, 0.25) is 0 Å². The van der Waals surface area contributed by atoms with Crippen LogP contribution in [0.5, 0.6) is 0 Å². The first-order valence-electron chi connectivity index (χ1n) is 5.20. The molecule has 0 bridgehead atoms. The van der Waals surface area contributed by atoms with Crippen molar-refractivity contribution in [3.05, 3.63) is 16.1 Å². The van der Waals surface area contributed by atoms with Gasteiger partial charge in [-0.25, -0.2) is 10.8 Å². The second kappa shape index (κ2) is 7.16. The molecule has 0 aliphatic heterocycles. The van der Waals surface area contributed by atoms with E-state index in [1.165, 1.54) is 0 Å². The van der Waals surface area contributed by atoms with Gasteiger partial charge in [0.25, 0.3) is 0 Å². The lowest BCUT2D eigenvalue weighted by molar-refractivity contribution is 0.770. The molecule has 0 aliphatic rings. The molecule has 0 spiro atoms. The second-order valence-electron chi connectivity index (χ2n) is 3.50. The van der Waals surface area contributed by atoms with E-state index in [0.717, 1.165) is 12.2 Å². The van der Waals surface area contributed by atoms with Crippen LogP contribution in [-0.2, 0) is 0 Å². The average molecular weight is 295 g/mol. The van der Waals surface area contributed by atoms with Crippen molar-refractivity contribution in [2.24, 2.45) is 5.84 Å². The molecule has 0 aromatic carbocycles. The van der Waals surface area contributed by atoms with Gasteiger partial charge in [-0.1, -0.05) is 30.1 Å². The van der Waals surface area contributed by atoms with E-state index in [4.69, 9.17) is 29.0 Å². The molecule has 17 heavy (non-hydrogen) atoms. The third kappa shape index (κ3) is 4.10. The summed E-state index contributed by atoms with van der Waals surface area (Å²) in [6.45, 7) is 2.11. The van der Waals surface area contributed by atoms with Crippen LogP contribution in [-0.4, -0.2) is 23.0 Å². The highest BCUT2D eigenvalue weighted by Crippen LogP contribution is 2.29. The zero-order valence-electron chi connectivity index (χ0n) is 9.76. The molecule has 0 amide bonds. The smallest absolute Gasteiger partial charge is 0.161 e. The molecular formula is C10H16Cl2N4S. The van der Waals surface area contributed by atoms with Gasteiger partial charge in [-0.05, 0) is 18.7 Å². The molecule has 1 aromatic heterocycles. The summed E-state index contributed by atoms with van der Waals surface area (Å²) in [4.78, 5) is 4.24. The van der Waals surface area contributed by atoms with Crippen LogP contribution in [0.1, 0.15) is 13.3 Å². The summed E-state index contributed by atoms with van der Waals surface area (Å²) in [5.41, 5.74) is 2.44. The first kappa shape index (κ1) is 14.7. The van der Waals surface area contributed by atoms with Crippen LogP contribution in [0.3, 0.4) is 0 Å². The summed E-state index contributed by atoms with van der Waals surface area (Å²) < 4.78 is 0. The minimum Gasteiger partial charge on any atom is -0.365 e. The maximum Gasteiger partial charge on any atom is 0.161 e. The minimum absolute atomic E-state index is 0.321. The van der Waals surface area contributed by atoms with Gasteiger partial charge in [0.15, 0.2) is 5.82 Å². The summed E-state index contributed by atoms with van der Waals surface area (Å²) in [6, 6.07) is 1.95. The van der Waals surface area contributed by atoms with Crippen LogP contribution in [0.15, 0.2) is 6.07 Å². The van der Waals surface area contributed by atoms with Gasteiger partial charge in [0.05, 0.1) is 10.0 Å². The molecule has 0 radical (unpaired) electrons. The normalized spacial score (nSPS) is 12.3. The Bertz CT molecular complexity index is 376. The van der Waals surface area contributed by atoms with E-state index < -0.39 is 0 Å². The predicted molar refractivity (Wildman–Crippen MR) is 78.2 cm³/mol. The summed E-state index contributed by atoms with van der Waals surface area (Å²) in [6.07, 6.45) is 3.06. The Morgan fingerprint density at radius 2 is 2.06 bits per heavy atom. The van der Waals surface area contributed by atoms with E-state index in [2.05, 4.69) is 28.9 Å². The lowest BCUT2D eigenvalue weighted by atomic mass is 10.2. The number of rotatable bonds is 6. The number of nitrogens with one attached hydrogen (secondary N) is 2. The number of aromatic nitrogens is 1. The molecule has 0 saturated carbocycles. The number of nitrogens with zero attached hydrogens (tertiary/aromatic N) is 1. The Morgan fingerprint density at radius 3 is 2.59 bits per heavy atom. The molecule has 1 rings (SSSR count). The molecule has 1 heterocycles. The van der Waals surface area contributed by atoms with Gasteiger partial charge >= 0.3 is 0 Å². The molecule has 0 aliphatic carbocycles. The van der Waals surface area contributed by atoms with E-state index >= 15 is 0 Å². The highest BCUT2D eigenvalue weighted by atomic mass is 35.5. The zero-order valence-corrected chi connectivity index (χ0v) is 12.1. The van der Waals surface area contributed by atoms with Crippen molar-refractivity contribution in [2.75, 3.05) is 22.8 Å². The van der Waals surface area contributed by atoms with Gasteiger partial charge in [-0.3, -0.25) is 0 Å². The molecule has 4 N–H and O–H groups in total. The third-order valence-corrected chi connectivity index (χ3v) is 3.58. The number of halogens is 2. The molecule has 7 heteroatoms. The molecule has 1 aromatic rings. The molecule has 0 saturated heterocycles. The second-order valence-corrected chi connectivity index (χ2v) is 5.22. The first-order chi connectivity index (χ1) is 8.12. The SMILES string of the molecule is CCC(CSC)Nc1nc(NN)c(Cl)cc1Cl. The fourth-order valence-electron chi connectivity index (χ4n) is 1.33. The fourth-order valence-corrected chi connectivity index (χ4v) is 2.51. The maximum atomic E-state index is 6.07. The highest BCUT2D eigenvalue weighted by molar-refractivity contribution is 7.98. The van der Waals surface area contributed by atoms with Gasteiger partial charge in [0, 0.05) is 11.8 Å². The molecule has 1 unspecified atom stereocenters. The van der Waals surface area contributed by atoms with E-state index in [1.807, 2.05) is 0 Å². The topological polar surface area (TPSA) is 63.0 Å². The standard InChI is InChI=1S/C10H16Cl2N4S/c1-3-6(5-17-2)14-9-7(11)4-8(12)10(15-9)16-13/h4,6H,3,5,13H2,1-2H3,(H2,14,15,16). The van der Waals surface area contributed by atoms with Gasteiger partial charge < -0.3 is 10.7 Å². The largest absolute Gasteiger partial charge is 0.365 e. The lowest BCUT2D eigenvalue weighted by Crippen LogP contribution is -2.22. The zero-order chi connectivity index (χ0) is 12.8. The van der Waals surface area contributed by atoms with E-state index in [1.54, 1.807) is 17.8 Å². The average Bonchev–Trinajstić information content (AvgIpc) is 2.31. The minimum atomic E-state index is 0.321. The Labute approximate surface area is 116 Å². The highest BCUT2D eigenvalue weighted by Gasteiger charge is 2.12. The van der Waals surface area contributed by atoms with Crippen LogP contribution in [0.4, 0.5) is 11.6 Å². The van der Waals surface area contributed by atoms with Crippen LogP contribution < -0.4 is 16.6 Å². The van der Waals surface area contributed by atoms with Gasteiger partial charge in [0.1, 0.15) is 5.82 Å². The van der Waals surface area contributed by atoms with Crippen LogP contribution >= 0.6 is 35.0 Å². The number of nitrogens with two attached hydrogens (primary N) is 1. The molecule has 4 nitrogen and oxygen atoms in total. The van der Waals surface area contributed by atoms with Crippen LogP contribution in [0.25, 0.3) is 0 Å². The Morgan fingerprint density at radius 1 is 1.41 bits per heavy atom. The van der Waals surface area contributed by atoms with Crippen molar-refractivity contribution >= 4 is 46.6 Å². The number of nitrogen functional groups attached to an aromatic ring is 1. The summed E-state index contributed by atoms with van der Waals surface area (Å²) in [5, 5.41) is 4.18. The van der Waals surface area contributed by atoms with Crippen molar-refractivity contribution in [1.82, 2.24) is 4.98 Å². The molecular weight excluding hydrogens is 279 g/mol. The van der Waals surface area contributed by atoms with Crippen LogP contribution in [0.2, 0.25) is 10.0 Å². The summed E-state index contributed by atoms with van der Waals surface area (Å²) in [5.74, 6) is 7.32. The van der Waals surface area contributed by atoms with Gasteiger partial charge in [-0.15, -0.1) is 0 Å². The number of thioether (sulfide) groups is 1. The summed E-state index contributed by atoms with van der Waals surface area (Å²) >= 11 is 13.8. The predicted octanol–water partition coefficient (Wildman–Crippen LogP) is 3.23. The van der Waals surface area contributed by atoms with E-state index in [9.17, 15) is 0 Å². The Balaban J connectivity index is 2.89. The van der Waals surface area contributed by atoms with Crippen molar-refractivity contribution < 1.29 is 0 Å². The third-order valence-electron chi connectivity index (χ3n) is 2.27.